The Balaban J connectivity index is 1.78. The normalized spacial score (nSPS) is 15.4. The average Bonchev–Trinajstić information content (AvgIpc) is 3.09. The molecule has 2 aliphatic rings. The van der Waals surface area contributed by atoms with E-state index in [1.54, 1.807) is 0 Å². The summed E-state index contributed by atoms with van der Waals surface area (Å²) in [7, 11) is 0. The van der Waals surface area contributed by atoms with Gasteiger partial charge in [-0.25, -0.2) is 0 Å². The van der Waals surface area contributed by atoms with Crippen molar-refractivity contribution in [2.24, 2.45) is 0 Å². The monoisotopic (exact) mass is 369 g/mol. The maximum atomic E-state index is 2.61. The van der Waals surface area contributed by atoms with Gasteiger partial charge in [-0.3, -0.25) is 0 Å². The van der Waals surface area contributed by atoms with E-state index in [0.29, 0.717) is 0 Å². The molecule has 3 heterocycles. The first-order valence-electron chi connectivity index (χ1n) is 10.4. The van der Waals surface area contributed by atoms with Gasteiger partial charge in [-0.05, 0) is 33.7 Å². The van der Waals surface area contributed by atoms with Crippen molar-refractivity contribution < 1.29 is 0 Å². The van der Waals surface area contributed by atoms with Gasteiger partial charge in [0.2, 0.25) is 0 Å². The quantitative estimate of drug-likeness (QED) is 0.330. The van der Waals surface area contributed by atoms with Crippen molar-refractivity contribution in [1.29, 1.82) is 0 Å². The third kappa shape index (κ3) is 1.70. The van der Waals surface area contributed by atoms with Crippen LogP contribution in [0.2, 0.25) is 0 Å². The summed E-state index contributed by atoms with van der Waals surface area (Å²) >= 11 is 0. The van der Waals surface area contributed by atoms with E-state index >= 15 is 0 Å². The predicted octanol–water partition coefficient (Wildman–Crippen LogP) is 5.07. The summed E-state index contributed by atoms with van der Waals surface area (Å²) in [6.07, 6.45) is 0. The van der Waals surface area contributed by atoms with Gasteiger partial charge in [0.15, 0.2) is 0 Å². The van der Waals surface area contributed by atoms with E-state index in [1.165, 1.54) is 55.0 Å². The number of hydrogen-bond acceptors (Lipinski definition) is 0. The second kappa shape index (κ2) is 5.01. The van der Waals surface area contributed by atoms with Crippen LogP contribution in [0.1, 0.15) is 25.0 Å². The third-order valence-corrected chi connectivity index (χ3v) is 7.26. The Labute approximate surface area is 170 Å². The van der Waals surface area contributed by atoms with Gasteiger partial charge in [-0.15, -0.1) is 0 Å². The average molecular weight is 369 g/mol. The van der Waals surface area contributed by atoms with Crippen LogP contribution in [0.5, 0.6) is 0 Å². The van der Waals surface area contributed by atoms with E-state index in [2.05, 4.69) is 103 Å². The molecule has 0 saturated carbocycles. The van der Waals surface area contributed by atoms with Crippen LogP contribution in [0, 0.1) is 0 Å². The summed E-state index contributed by atoms with van der Waals surface area (Å²) in [6.45, 7) is 4.98. The summed E-state index contributed by atoms with van der Waals surface area (Å²) in [5.41, 5.74) is 11.3. The number of nitrogens with zero attached hydrogens (tertiary/aromatic N) is 1. The van der Waals surface area contributed by atoms with Crippen LogP contribution in [0.25, 0.3) is 32.9 Å². The zero-order chi connectivity index (χ0) is 19.3. The highest BCUT2D eigenvalue weighted by atomic mass is 14.9. The first-order chi connectivity index (χ1) is 14.2. The number of benzene rings is 4. The van der Waals surface area contributed by atoms with Crippen LogP contribution < -0.4 is 10.9 Å². The summed E-state index contributed by atoms with van der Waals surface area (Å²) in [4.78, 5) is 0. The third-order valence-electron chi connectivity index (χ3n) is 7.26. The molecular formula is C27H20BN. The van der Waals surface area contributed by atoms with Gasteiger partial charge in [0, 0.05) is 32.8 Å². The Kier molecular flexibility index (Phi) is 2.71. The molecule has 136 valence electrons. The minimum absolute atomic E-state index is 0.00715. The molecule has 1 nitrogen and oxygen atoms in total. The number of fused-ring (bicyclic) bond motifs is 7. The van der Waals surface area contributed by atoms with Gasteiger partial charge >= 0.3 is 6.85 Å². The van der Waals surface area contributed by atoms with Gasteiger partial charge in [0.25, 0.3) is 0 Å². The molecule has 0 saturated heterocycles. The van der Waals surface area contributed by atoms with Gasteiger partial charge in [-0.2, -0.15) is 0 Å². The van der Waals surface area contributed by atoms with Gasteiger partial charge in [0.05, 0.1) is 0 Å². The second-order valence-corrected chi connectivity index (χ2v) is 8.97. The molecule has 7 rings (SSSR count). The number of para-hydroxylation sites is 2. The molecule has 5 aromatic rings. The van der Waals surface area contributed by atoms with Crippen LogP contribution >= 0.6 is 0 Å². The molecule has 0 fully saturated rings. The highest BCUT2D eigenvalue weighted by molar-refractivity contribution is 6.88. The Morgan fingerprint density at radius 3 is 2.28 bits per heavy atom. The van der Waals surface area contributed by atoms with Crippen LogP contribution in [0.3, 0.4) is 0 Å². The largest absolute Gasteiger partial charge is 0.375 e. The molecular weight excluding hydrogens is 349 g/mol. The van der Waals surface area contributed by atoms with Gasteiger partial charge < -0.3 is 4.48 Å². The van der Waals surface area contributed by atoms with E-state index < -0.39 is 0 Å². The molecule has 1 aromatic heterocycles. The van der Waals surface area contributed by atoms with Crippen LogP contribution in [-0.4, -0.2) is 11.3 Å². The molecule has 4 aromatic carbocycles. The predicted molar refractivity (Wildman–Crippen MR) is 124 cm³/mol. The van der Waals surface area contributed by atoms with Crippen LogP contribution in [0.4, 0.5) is 0 Å². The maximum absolute atomic E-state index is 2.61. The van der Waals surface area contributed by atoms with Gasteiger partial charge in [0.1, 0.15) is 0 Å². The Bertz CT molecular complexity index is 1490. The maximum Gasteiger partial charge on any atom is 0.329 e. The smallest absolute Gasteiger partial charge is 0.329 e. The van der Waals surface area contributed by atoms with Crippen molar-refractivity contribution in [3.8, 4) is 11.1 Å². The first kappa shape index (κ1) is 15.6. The zero-order valence-electron chi connectivity index (χ0n) is 16.6. The van der Waals surface area contributed by atoms with Crippen molar-refractivity contribution in [2.75, 3.05) is 0 Å². The molecule has 0 atom stereocenters. The molecule has 2 aliphatic heterocycles. The molecule has 0 unspecified atom stereocenters. The Hall–Kier alpha value is -3.26. The lowest BCUT2D eigenvalue weighted by Gasteiger charge is -2.41. The molecule has 0 N–H and O–H groups in total. The topological polar surface area (TPSA) is 4.93 Å². The van der Waals surface area contributed by atoms with E-state index in [0.717, 1.165) is 0 Å². The standard InChI is InChI=1S/C27H20BN/c1-27(2)21-13-4-5-15-23(21)28-25-18(10-8-14-22(25)27)20-12-7-11-19-17-9-3-6-16-24(17)29(28)26(19)20/h3-16H,1-2H3. The molecule has 0 amide bonds. The van der Waals surface area contributed by atoms with Gasteiger partial charge in [-0.1, -0.05) is 92.7 Å². The van der Waals surface area contributed by atoms with Crippen molar-refractivity contribution in [3.63, 3.8) is 0 Å². The minimum Gasteiger partial charge on any atom is -0.375 e. The zero-order valence-corrected chi connectivity index (χ0v) is 16.6. The molecule has 0 bridgehead atoms. The van der Waals surface area contributed by atoms with Crippen molar-refractivity contribution in [3.05, 3.63) is 96.1 Å². The highest BCUT2D eigenvalue weighted by Crippen LogP contribution is 2.43. The van der Waals surface area contributed by atoms with Crippen LogP contribution in [-0.2, 0) is 5.41 Å². The summed E-state index contributed by atoms with van der Waals surface area (Å²) in [6, 6.07) is 31.7. The highest BCUT2D eigenvalue weighted by Gasteiger charge is 2.44. The lowest BCUT2D eigenvalue weighted by atomic mass is 9.40. The lowest BCUT2D eigenvalue weighted by Crippen LogP contribution is -2.60. The van der Waals surface area contributed by atoms with E-state index in [-0.39, 0.29) is 12.3 Å². The summed E-state index contributed by atoms with van der Waals surface area (Å²) < 4.78 is 2.61. The fourth-order valence-electron chi connectivity index (χ4n) is 6.05. The van der Waals surface area contributed by atoms with E-state index in [4.69, 9.17) is 0 Å². The lowest BCUT2D eigenvalue weighted by molar-refractivity contribution is 0.645. The summed E-state index contributed by atoms with van der Waals surface area (Å²) in [5, 5.41) is 2.71. The minimum atomic E-state index is -0.00715. The van der Waals surface area contributed by atoms with E-state index in [9.17, 15) is 0 Å². The number of rotatable bonds is 0. The van der Waals surface area contributed by atoms with Crippen molar-refractivity contribution in [2.45, 2.75) is 19.3 Å². The number of hydrogen-bond donors (Lipinski definition) is 0. The molecule has 0 aliphatic carbocycles. The Morgan fingerprint density at radius 1 is 0.655 bits per heavy atom. The Morgan fingerprint density at radius 2 is 1.34 bits per heavy atom. The summed E-state index contributed by atoms with van der Waals surface area (Å²) in [5.74, 6) is 0. The van der Waals surface area contributed by atoms with Crippen molar-refractivity contribution >= 4 is 39.6 Å². The molecule has 29 heavy (non-hydrogen) atoms. The number of aromatic nitrogens is 1. The molecule has 2 heteroatoms. The van der Waals surface area contributed by atoms with Crippen molar-refractivity contribution in [1.82, 2.24) is 4.48 Å². The fourth-order valence-corrected chi connectivity index (χ4v) is 6.05. The molecule has 0 spiro atoms. The second-order valence-electron chi connectivity index (χ2n) is 8.97. The SMILES string of the molecule is CC1(C)c2ccccc2B2c3c(cccc31)-c1cccc3c4ccccc4n2c13. The van der Waals surface area contributed by atoms with E-state index in [1.807, 2.05) is 0 Å². The first-order valence-corrected chi connectivity index (χ1v) is 10.4. The van der Waals surface area contributed by atoms with Crippen LogP contribution in [0.15, 0.2) is 84.9 Å². The fraction of sp³-hybridized carbons (Fsp3) is 0.111. The molecule has 0 radical (unpaired) electrons.